The number of aliphatic hydroxyl groups is 1. The number of benzene rings is 1. The van der Waals surface area contributed by atoms with Gasteiger partial charge in [0.2, 0.25) is 23.6 Å². The predicted octanol–water partition coefficient (Wildman–Crippen LogP) is -2.44. The molecular formula is C22H31N5O8. The van der Waals surface area contributed by atoms with Gasteiger partial charge in [0.1, 0.15) is 23.9 Å². The van der Waals surface area contributed by atoms with Gasteiger partial charge in [-0.1, -0.05) is 12.1 Å². The molecule has 0 radical (unpaired) electrons. The average Bonchev–Trinajstić information content (AvgIpc) is 3.27. The Balaban J connectivity index is 2.24. The number of carboxylic acid groups (broad SMARTS) is 1. The monoisotopic (exact) mass is 493 g/mol. The number of nitrogens with one attached hydrogen (secondary N) is 2. The number of aromatic hydroxyl groups is 1. The van der Waals surface area contributed by atoms with E-state index in [9.17, 15) is 39.3 Å². The second-order valence-electron chi connectivity index (χ2n) is 8.46. The number of aliphatic carboxylic acids is 1. The number of carboxylic acids is 1. The molecule has 192 valence electrons. The fourth-order valence-electron chi connectivity index (χ4n) is 3.77. The van der Waals surface area contributed by atoms with E-state index < -0.39 is 66.3 Å². The number of aliphatic hydroxyl groups excluding tert-OH is 1. The summed E-state index contributed by atoms with van der Waals surface area (Å²) in [6.45, 7) is 1.43. The minimum Gasteiger partial charge on any atom is -0.508 e. The minimum absolute atomic E-state index is 0.0133. The molecule has 0 aliphatic carbocycles. The third-order valence-corrected chi connectivity index (χ3v) is 5.63. The van der Waals surface area contributed by atoms with Gasteiger partial charge in [-0.15, -0.1) is 0 Å². The molecule has 1 aliphatic heterocycles. The lowest BCUT2D eigenvalue weighted by Crippen LogP contribution is -2.60. The summed E-state index contributed by atoms with van der Waals surface area (Å²) < 4.78 is 0. The summed E-state index contributed by atoms with van der Waals surface area (Å²) in [5.41, 5.74) is 11.3. The van der Waals surface area contributed by atoms with E-state index in [2.05, 4.69) is 10.6 Å². The van der Waals surface area contributed by atoms with Crippen LogP contribution in [-0.2, 0) is 30.4 Å². The van der Waals surface area contributed by atoms with Crippen LogP contribution in [0.5, 0.6) is 5.75 Å². The van der Waals surface area contributed by atoms with Crippen molar-refractivity contribution in [3.63, 3.8) is 0 Å². The lowest BCUT2D eigenvalue weighted by Gasteiger charge is -2.30. The van der Waals surface area contributed by atoms with Crippen LogP contribution in [0.1, 0.15) is 31.7 Å². The van der Waals surface area contributed by atoms with Crippen LogP contribution in [0.4, 0.5) is 0 Å². The highest BCUT2D eigenvalue weighted by Crippen LogP contribution is 2.19. The third-order valence-electron chi connectivity index (χ3n) is 5.63. The molecule has 5 atom stereocenters. The van der Waals surface area contributed by atoms with Gasteiger partial charge in [0.05, 0.1) is 18.6 Å². The first kappa shape index (κ1) is 27.5. The Kier molecular flexibility index (Phi) is 9.54. The van der Waals surface area contributed by atoms with Crippen molar-refractivity contribution in [3.8, 4) is 5.75 Å². The van der Waals surface area contributed by atoms with Crippen LogP contribution < -0.4 is 22.1 Å². The molecule has 1 aliphatic rings. The lowest BCUT2D eigenvalue weighted by molar-refractivity contribution is -0.150. The summed E-state index contributed by atoms with van der Waals surface area (Å²) in [6, 6.07) is 0.653. The van der Waals surface area contributed by atoms with E-state index in [0.29, 0.717) is 12.0 Å². The van der Waals surface area contributed by atoms with Crippen molar-refractivity contribution in [1.82, 2.24) is 15.5 Å². The number of nitrogens with two attached hydrogens (primary N) is 2. The van der Waals surface area contributed by atoms with Crippen molar-refractivity contribution in [1.29, 1.82) is 0 Å². The second-order valence-corrected chi connectivity index (χ2v) is 8.46. The van der Waals surface area contributed by atoms with Crippen molar-refractivity contribution in [3.05, 3.63) is 29.8 Å². The molecule has 1 aromatic carbocycles. The summed E-state index contributed by atoms with van der Waals surface area (Å²) >= 11 is 0. The maximum absolute atomic E-state index is 13.1. The van der Waals surface area contributed by atoms with Crippen molar-refractivity contribution >= 4 is 29.6 Å². The molecule has 1 heterocycles. The molecule has 0 spiro atoms. The maximum atomic E-state index is 13.1. The van der Waals surface area contributed by atoms with Gasteiger partial charge in [-0.2, -0.15) is 0 Å². The van der Waals surface area contributed by atoms with Crippen LogP contribution in [0, 0.1) is 0 Å². The van der Waals surface area contributed by atoms with E-state index in [1.807, 2.05) is 0 Å². The first-order valence-corrected chi connectivity index (χ1v) is 11.0. The van der Waals surface area contributed by atoms with Crippen LogP contribution in [0.2, 0.25) is 0 Å². The Bertz CT molecular complexity index is 952. The lowest BCUT2D eigenvalue weighted by atomic mass is 10.0. The van der Waals surface area contributed by atoms with E-state index in [0.717, 1.165) is 4.90 Å². The topological polar surface area (TPSA) is 225 Å². The Morgan fingerprint density at radius 2 is 1.74 bits per heavy atom. The van der Waals surface area contributed by atoms with Gasteiger partial charge in [0, 0.05) is 13.0 Å². The zero-order valence-electron chi connectivity index (χ0n) is 19.2. The van der Waals surface area contributed by atoms with Crippen LogP contribution in [0.15, 0.2) is 24.3 Å². The number of rotatable bonds is 11. The van der Waals surface area contributed by atoms with Crippen LogP contribution in [0.25, 0.3) is 0 Å². The molecule has 9 N–H and O–H groups in total. The SMILES string of the molecule is CC(O)C(NC(=O)C(Cc1ccc(O)cc1)NC(=O)C(N)CC(N)=O)C(=O)N1CCCC1C(=O)O. The van der Waals surface area contributed by atoms with Gasteiger partial charge in [0.15, 0.2) is 0 Å². The van der Waals surface area contributed by atoms with E-state index in [-0.39, 0.29) is 25.1 Å². The highest BCUT2D eigenvalue weighted by molar-refractivity contribution is 5.95. The number of phenols is 1. The average molecular weight is 494 g/mol. The molecule has 2 rings (SSSR count). The number of primary amides is 1. The van der Waals surface area contributed by atoms with E-state index in [1.54, 1.807) is 0 Å². The number of phenolic OH excluding ortho intramolecular Hbond substituents is 1. The predicted molar refractivity (Wildman–Crippen MR) is 122 cm³/mol. The first-order chi connectivity index (χ1) is 16.4. The smallest absolute Gasteiger partial charge is 0.326 e. The normalized spacial score (nSPS) is 18.7. The van der Waals surface area contributed by atoms with E-state index in [4.69, 9.17) is 11.5 Å². The van der Waals surface area contributed by atoms with Gasteiger partial charge < -0.3 is 42.3 Å². The first-order valence-electron chi connectivity index (χ1n) is 11.0. The molecule has 0 saturated carbocycles. The summed E-state index contributed by atoms with van der Waals surface area (Å²) in [7, 11) is 0. The second kappa shape index (κ2) is 12.1. The number of carbonyl (C=O) groups excluding carboxylic acids is 4. The van der Waals surface area contributed by atoms with E-state index >= 15 is 0 Å². The fraction of sp³-hybridized carbons (Fsp3) is 0.500. The number of amides is 4. The van der Waals surface area contributed by atoms with E-state index in [1.165, 1.54) is 31.2 Å². The summed E-state index contributed by atoms with van der Waals surface area (Å²) in [5, 5.41) is 33.9. The van der Waals surface area contributed by atoms with Crippen LogP contribution in [0.3, 0.4) is 0 Å². The number of hydrogen-bond donors (Lipinski definition) is 7. The van der Waals surface area contributed by atoms with Crippen LogP contribution >= 0.6 is 0 Å². The molecule has 13 nitrogen and oxygen atoms in total. The molecule has 1 fully saturated rings. The van der Waals surface area contributed by atoms with Crippen molar-refractivity contribution in [2.45, 2.75) is 62.9 Å². The number of likely N-dealkylation sites (tertiary alicyclic amines) is 1. The van der Waals surface area contributed by atoms with Gasteiger partial charge in [-0.25, -0.2) is 4.79 Å². The van der Waals surface area contributed by atoms with Gasteiger partial charge in [-0.05, 0) is 37.5 Å². The molecule has 4 amide bonds. The minimum atomic E-state index is -1.47. The molecule has 0 bridgehead atoms. The van der Waals surface area contributed by atoms with Crippen LogP contribution in [-0.4, -0.2) is 86.6 Å². The third kappa shape index (κ3) is 7.65. The van der Waals surface area contributed by atoms with Crippen molar-refractivity contribution in [2.24, 2.45) is 11.5 Å². The highest BCUT2D eigenvalue weighted by Gasteiger charge is 2.40. The van der Waals surface area contributed by atoms with Crippen molar-refractivity contribution < 1.29 is 39.3 Å². The zero-order chi connectivity index (χ0) is 26.3. The molecular weight excluding hydrogens is 462 g/mol. The number of carbonyl (C=O) groups is 5. The summed E-state index contributed by atoms with van der Waals surface area (Å²) in [5.74, 6) is -4.46. The Morgan fingerprint density at radius 3 is 2.29 bits per heavy atom. The van der Waals surface area contributed by atoms with Crippen molar-refractivity contribution in [2.75, 3.05) is 6.54 Å². The fourth-order valence-corrected chi connectivity index (χ4v) is 3.77. The van der Waals surface area contributed by atoms with Gasteiger partial charge >= 0.3 is 5.97 Å². The molecule has 0 aromatic heterocycles. The standard InChI is InChI=1S/C22H31N5O8/c1-11(28)18(21(33)27-8-2-3-16(27)22(34)35)26-20(32)15(9-12-4-6-13(29)7-5-12)25-19(31)14(23)10-17(24)30/h4-7,11,14-16,18,28-29H,2-3,8-10,23H2,1H3,(H2,24,30)(H,25,31)(H,26,32)(H,34,35). The maximum Gasteiger partial charge on any atom is 0.326 e. The quantitative estimate of drug-likeness (QED) is 0.174. The number of nitrogens with zero attached hydrogens (tertiary/aromatic N) is 1. The highest BCUT2D eigenvalue weighted by atomic mass is 16.4. The molecule has 1 aromatic rings. The van der Waals surface area contributed by atoms with Gasteiger partial charge in [0.25, 0.3) is 0 Å². The summed E-state index contributed by atoms with van der Waals surface area (Å²) in [6.07, 6.45) is -1.20. The van der Waals surface area contributed by atoms with Gasteiger partial charge in [-0.3, -0.25) is 19.2 Å². The Labute approximate surface area is 201 Å². The molecule has 35 heavy (non-hydrogen) atoms. The molecule has 1 saturated heterocycles. The Morgan fingerprint density at radius 1 is 1.11 bits per heavy atom. The molecule has 5 unspecified atom stereocenters. The molecule has 13 heteroatoms. The number of hydrogen-bond acceptors (Lipinski definition) is 8. The zero-order valence-corrected chi connectivity index (χ0v) is 19.2. The summed E-state index contributed by atoms with van der Waals surface area (Å²) in [4.78, 5) is 62.3. The largest absolute Gasteiger partial charge is 0.508 e. The Hall–Kier alpha value is -3.71.